The van der Waals surface area contributed by atoms with Crippen LogP contribution < -0.4 is 5.32 Å². The summed E-state index contributed by atoms with van der Waals surface area (Å²) in [6.07, 6.45) is 2.60. The number of non-ortho nitro benzene ring substituents is 1. The first-order valence-corrected chi connectivity index (χ1v) is 9.30. The fourth-order valence-electron chi connectivity index (χ4n) is 2.38. The van der Waals surface area contributed by atoms with Gasteiger partial charge >= 0.3 is 5.97 Å². The number of halogens is 2. The second-order valence-electron chi connectivity index (χ2n) is 5.69. The van der Waals surface area contributed by atoms with Gasteiger partial charge in [-0.25, -0.2) is 9.18 Å². The third kappa shape index (κ3) is 4.95. The fraction of sp³-hybridized carbons (Fsp3) is 0.0526. The van der Waals surface area contributed by atoms with Crippen molar-refractivity contribution in [1.82, 2.24) is 0 Å². The van der Waals surface area contributed by atoms with Crippen molar-refractivity contribution in [2.24, 2.45) is 0 Å². The number of nitrogens with zero attached hydrogens (tertiary/aromatic N) is 1. The van der Waals surface area contributed by atoms with Crippen LogP contribution in [0.4, 0.5) is 15.8 Å². The van der Waals surface area contributed by atoms with Crippen LogP contribution in [-0.2, 0) is 14.3 Å². The SMILES string of the molecule is O=C(COC(=O)/C=C/c1sc2ccccc2c1Cl)Nc1cc([N+](=O)[O-])ccc1F. The molecular weight excluding hydrogens is 423 g/mol. The number of anilines is 1. The molecule has 3 rings (SSSR count). The van der Waals surface area contributed by atoms with Gasteiger partial charge in [-0.15, -0.1) is 11.3 Å². The zero-order valence-electron chi connectivity index (χ0n) is 14.6. The van der Waals surface area contributed by atoms with Crippen molar-refractivity contribution in [3.63, 3.8) is 0 Å². The Labute approximate surface area is 172 Å². The van der Waals surface area contributed by atoms with Crippen molar-refractivity contribution in [1.29, 1.82) is 0 Å². The monoisotopic (exact) mass is 434 g/mol. The number of amides is 1. The zero-order chi connectivity index (χ0) is 21.0. The van der Waals surface area contributed by atoms with Crippen molar-refractivity contribution >= 4 is 62.4 Å². The van der Waals surface area contributed by atoms with Gasteiger partial charge in [0.05, 0.1) is 15.6 Å². The van der Waals surface area contributed by atoms with Crippen LogP contribution in [0.1, 0.15) is 4.88 Å². The quantitative estimate of drug-likeness (QED) is 0.260. The number of hydrogen-bond donors (Lipinski definition) is 1. The highest BCUT2D eigenvalue weighted by Crippen LogP contribution is 2.35. The molecule has 29 heavy (non-hydrogen) atoms. The summed E-state index contributed by atoms with van der Waals surface area (Å²) in [6.45, 7) is -0.689. The molecule has 0 fully saturated rings. The average Bonchev–Trinajstić information content (AvgIpc) is 3.02. The lowest BCUT2D eigenvalue weighted by Gasteiger charge is -2.06. The number of fused-ring (bicyclic) bond motifs is 1. The van der Waals surface area contributed by atoms with Crippen LogP contribution in [0, 0.1) is 15.9 Å². The standard InChI is InChI=1S/C19H12ClFN2O5S/c20-19-12-3-1-2-4-15(12)29-16(19)7-8-18(25)28-10-17(24)22-14-9-11(23(26)27)5-6-13(14)21/h1-9H,10H2,(H,22,24)/b8-7+. The van der Waals surface area contributed by atoms with E-state index in [4.69, 9.17) is 16.3 Å². The zero-order valence-corrected chi connectivity index (χ0v) is 16.1. The predicted octanol–water partition coefficient (Wildman–Crippen LogP) is 4.80. The second kappa shape index (κ2) is 8.80. The second-order valence-corrected chi connectivity index (χ2v) is 7.15. The number of carbonyl (C=O) groups is 2. The maximum absolute atomic E-state index is 13.7. The van der Waals surface area contributed by atoms with E-state index in [-0.39, 0.29) is 11.4 Å². The molecule has 1 aromatic heterocycles. The van der Waals surface area contributed by atoms with E-state index in [0.717, 1.165) is 34.4 Å². The molecule has 1 heterocycles. The molecule has 0 bridgehead atoms. The molecule has 1 amide bonds. The predicted molar refractivity (Wildman–Crippen MR) is 109 cm³/mol. The summed E-state index contributed by atoms with van der Waals surface area (Å²) in [7, 11) is 0. The Balaban J connectivity index is 1.58. The number of nitro groups is 1. The molecule has 2 aromatic carbocycles. The highest BCUT2D eigenvalue weighted by Gasteiger charge is 2.14. The number of rotatable bonds is 6. The van der Waals surface area contributed by atoms with E-state index in [1.165, 1.54) is 17.4 Å². The molecule has 0 atom stereocenters. The van der Waals surface area contributed by atoms with Gasteiger partial charge in [-0.1, -0.05) is 29.8 Å². The Morgan fingerprint density at radius 1 is 1.28 bits per heavy atom. The van der Waals surface area contributed by atoms with E-state index >= 15 is 0 Å². The molecule has 0 spiro atoms. The molecule has 148 valence electrons. The summed E-state index contributed by atoms with van der Waals surface area (Å²) in [4.78, 5) is 34.3. The lowest BCUT2D eigenvalue weighted by molar-refractivity contribution is -0.384. The van der Waals surface area contributed by atoms with Gasteiger partial charge in [-0.3, -0.25) is 14.9 Å². The maximum Gasteiger partial charge on any atom is 0.331 e. The molecule has 0 saturated carbocycles. The lowest BCUT2D eigenvalue weighted by Crippen LogP contribution is -2.20. The van der Waals surface area contributed by atoms with Crippen molar-refractivity contribution in [2.75, 3.05) is 11.9 Å². The third-order valence-corrected chi connectivity index (χ3v) is 5.37. The summed E-state index contributed by atoms with van der Waals surface area (Å²) in [5, 5.41) is 14.2. The number of nitrogens with one attached hydrogen (secondary N) is 1. The molecule has 10 heteroatoms. The normalized spacial score (nSPS) is 11.0. The van der Waals surface area contributed by atoms with Crippen molar-refractivity contribution in [2.45, 2.75) is 0 Å². The molecule has 0 aliphatic rings. The summed E-state index contributed by atoms with van der Waals surface area (Å²) in [5.41, 5.74) is -0.769. The Hall–Kier alpha value is -3.30. The van der Waals surface area contributed by atoms with Gasteiger partial charge in [0.15, 0.2) is 6.61 Å². The minimum absolute atomic E-state index is 0.382. The smallest absolute Gasteiger partial charge is 0.331 e. The number of benzene rings is 2. The highest BCUT2D eigenvalue weighted by atomic mass is 35.5. The number of hydrogen-bond acceptors (Lipinski definition) is 6. The number of ether oxygens (including phenoxy) is 1. The summed E-state index contributed by atoms with van der Waals surface area (Å²) in [5.74, 6) is -2.49. The minimum Gasteiger partial charge on any atom is -0.452 e. The Morgan fingerprint density at radius 3 is 2.76 bits per heavy atom. The molecule has 0 saturated heterocycles. The van der Waals surface area contributed by atoms with Crippen LogP contribution in [0.2, 0.25) is 5.02 Å². The van der Waals surface area contributed by atoms with Gasteiger partial charge in [-0.05, 0) is 18.2 Å². The molecule has 0 radical (unpaired) electrons. The summed E-state index contributed by atoms with van der Waals surface area (Å²) < 4.78 is 19.4. The third-order valence-electron chi connectivity index (χ3n) is 3.71. The fourth-order valence-corrected chi connectivity index (χ4v) is 3.78. The molecule has 0 aliphatic heterocycles. The molecule has 7 nitrogen and oxygen atoms in total. The minimum atomic E-state index is -0.852. The molecular formula is C19H12ClFN2O5S. The molecule has 1 N–H and O–H groups in total. The Kier molecular flexibility index (Phi) is 6.20. The highest BCUT2D eigenvalue weighted by molar-refractivity contribution is 7.20. The van der Waals surface area contributed by atoms with E-state index < -0.39 is 29.2 Å². The molecule has 0 aliphatic carbocycles. The number of carbonyl (C=O) groups excluding carboxylic acids is 2. The largest absolute Gasteiger partial charge is 0.452 e. The molecule has 3 aromatic rings. The first-order chi connectivity index (χ1) is 13.8. The lowest BCUT2D eigenvalue weighted by atomic mass is 10.2. The van der Waals surface area contributed by atoms with E-state index in [1.807, 2.05) is 24.3 Å². The van der Waals surface area contributed by atoms with E-state index in [2.05, 4.69) is 5.32 Å². The van der Waals surface area contributed by atoms with Crippen LogP contribution in [-0.4, -0.2) is 23.4 Å². The first kappa shape index (κ1) is 20.4. The van der Waals surface area contributed by atoms with Gasteiger partial charge in [0.1, 0.15) is 5.82 Å². The van der Waals surface area contributed by atoms with Crippen molar-refractivity contribution < 1.29 is 23.6 Å². The van der Waals surface area contributed by atoms with Crippen LogP contribution in [0.25, 0.3) is 16.2 Å². The number of esters is 1. The first-order valence-electron chi connectivity index (χ1n) is 8.11. The average molecular weight is 435 g/mol. The Bertz CT molecular complexity index is 1140. The van der Waals surface area contributed by atoms with Crippen LogP contribution in [0.15, 0.2) is 48.5 Å². The van der Waals surface area contributed by atoms with Crippen LogP contribution in [0.3, 0.4) is 0 Å². The van der Waals surface area contributed by atoms with Crippen molar-refractivity contribution in [3.05, 3.63) is 74.4 Å². The van der Waals surface area contributed by atoms with Crippen molar-refractivity contribution in [3.8, 4) is 0 Å². The number of nitro benzene ring substituents is 1. The molecule has 0 unspecified atom stereocenters. The topological polar surface area (TPSA) is 98.5 Å². The van der Waals surface area contributed by atoms with E-state index in [1.54, 1.807) is 0 Å². The summed E-state index contributed by atoms with van der Waals surface area (Å²) in [6, 6.07) is 10.2. The van der Waals surface area contributed by atoms with E-state index in [0.29, 0.717) is 9.90 Å². The summed E-state index contributed by atoms with van der Waals surface area (Å²) >= 11 is 7.66. The number of thiophene rings is 1. The van der Waals surface area contributed by atoms with Gasteiger partial charge in [0.25, 0.3) is 11.6 Å². The maximum atomic E-state index is 13.7. The Morgan fingerprint density at radius 2 is 2.03 bits per heavy atom. The van der Waals surface area contributed by atoms with Gasteiger partial charge in [0, 0.05) is 33.2 Å². The van der Waals surface area contributed by atoms with E-state index in [9.17, 15) is 24.1 Å². The van der Waals surface area contributed by atoms with Gasteiger partial charge in [0.2, 0.25) is 0 Å². The van der Waals surface area contributed by atoms with Crippen LogP contribution in [0.5, 0.6) is 0 Å². The van der Waals surface area contributed by atoms with Gasteiger partial charge < -0.3 is 10.1 Å². The van der Waals surface area contributed by atoms with Crippen LogP contribution >= 0.6 is 22.9 Å². The van der Waals surface area contributed by atoms with Gasteiger partial charge in [-0.2, -0.15) is 0 Å².